The van der Waals surface area contributed by atoms with Gasteiger partial charge in [0, 0.05) is 37.8 Å². The van der Waals surface area contributed by atoms with Gasteiger partial charge in [-0.3, -0.25) is 0 Å². The monoisotopic (exact) mass is 199 g/mol. The minimum atomic E-state index is 0.532. The van der Waals surface area contributed by atoms with Crippen LogP contribution in [-0.2, 0) is 6.54 Å². The summed E-state index contributed by atoms with van der Waals surface area (Å²) in [6.45, 7) is 5.21. The Morgan fingerprint density at radius 3 is 2.69 bits per heavy atom. The van der Waals surface area contributed by atoms with Gasteiger partial charge in [-0.25, -0.2) is 4.98 Å². The van der Waals surface area contributed by atoms with Gasteiger partial charge < -0.3 is 10.2 Å². The van der Waals surface area contributed by atoms with Gasteiger partial charge in [-0.05, 0) is 0 Å². The van der Waals surface area contributed by atoms with E-state index < -0.39 is 0 Å². The molecule has 0 spiro atoms. The zero-order valence-electron chi connectivity index (χ0n) is 8.66. The summed E-state index contributed by atoms with van der Waals surface area (Å²) in [5, 5.41) is 4.44. The quantitative estimate of drug-likeness (QED) is 0.800. The summed E-state index contributed by atoms with van der Waals surface area (Å²) in [5.41, 5.74) is 0. The van der Waals surface area contributed by atoms with Crippen LogP contribution in [0.3, 0.4) is 0 Å². The number of hydrogen-bond donors (Lipinski definition) is 1. The van der Waals surface area contributed by atoms with Crippen molar-refractivity contribution in [1.29, 1.82) is 0 Å². The number of aromatic nitrogens is 1. The third kappa shape index (κ3) is 3.32. The molecule has 74 valence electrons. The maximum atomic E-state index is 4.30. The minimum Gasteiger partial charge on any atom is -0.354 e. The van der Waals surface area contributed by atoms with Crippen LogP contribution in [-0.4, -0.2) is 25.1 Å². The van der Waals surface area contributed by atoms with Crippen LogP contribution in [0.4, 0.5) is 5.13 Å². The average Bonchev–Trinajstić information content (AvgIpc) is 2.48. The summed E-state index contributed by atoms with van der Waals surface area (Å²) >= 11 is 1.74. The molecule has 3 nitrogen and oxygen atoms in total. The number of nitrogens with one attached hydrogen (secondary N) is 1. The highest BCUT2D eigenvalue weighted by Gasteiger charge is 2.03. The molecule has 1 aromatic heterocycles. The first kappa shape index (κ1) is 10.5. The summed E-state index contributed by atoms with van der Waals surface area (Å²) < 4.78 is 0. The van der Waals surface area contributed by atoms with E-state index in [4.69, 9.17) is 0 Å². The van der Waals surface area contributed by atoms with Crippen molar-refractivity contribution in [2.75, 3.05) is 19.0 Å². The molecule has 1 aromatic rings. The molecule has 0 fully saturated rings. The number of hydrogen-bond acceptors (Lipinski definition) is 4. The van der Waals surface area contributed by atoms with Gasteiger partial charge in [-0.2, -0.15) is 0 Å². The first-order valence-corrected chi connectivity index (χ1v) is 5.26. The Hall–Kier alpha value is -0.610. The van der Waals surface area contributed by atoms with Gasteiger partial charge in [0.05, 0.1) is 0 Å². The van der Waals surface area contributed by atoms with Gasteiger partial charge >= 0.3 is 0 Å². The van der Waals surface area contributed by atoms with E-state index in [1.54, 1.807) is 11.3 Å². The third-order valence-electron chi connectivity index (χ3n) is 1.61. The van der Waals surface area contributed by atoms with Crippen LogP contribution in [0.25, 0.3) is 0 Å². The molecule has 0 bridgehead atoms. The van der Waals surface area contributed by atoms with Crippen molar-refractivity contribution in [3.8, 4) is 0 Å². The number of nitrogens with zero attached hydrogens (tertiary/aromatic N) is 2. The summed E-state index contributed by atoms with van der Waals surface area (Å²) in [6, 6.07) is 0.532. The zero-order valence-corrected chi connectivity index (χ0v) is 9.48. The Kier molecular flexibility index (Phi) is 3.69. The van der Waals surface area contributed by atoms with Gasteiger partial charge in [0.25, 0.3) is 0 Å². The third-order valence-corrected chi connectivity index (χ3v) is 2.77. The molecule has 0 aliphatic heterocycles. The first-order valence-electron chi connectivity index (χ1n) is 4.45. The van der Waals surface area contributed by atoms with Gasteiger partial charge in [-0.1, -0.05) is 13.8 Å². The van der Waals surface area contributed by atoms with E-state index in [0.29, 0.717) is 6.04 Å². The van der Waals surface area contributed by atoms with E-state index in [1.807, 2.05) is 25.2 Å². The van der Waals surface area contributed by atoms with E-state index in [9.17, 15) is 0 Å². The van der Waals surface area contributed by atoms with Crippen LogP contribution in [0.15, 0.2) is 6.20 Å². The lowest BCUT2D eigenvalue weighted by Crippen LogP contribution is -2.21. The van der Waals surface area contributed by atoms with Crippen LogP contribution in [0, 0.1) is 0 Å². The number of anilines is 1. The maximum Gasteiger partial charge on any atom is 0.185 e. The molecule has 0 saturated carbocycles. The fourth-order valence-corrected chi connectivity index (χ4v) is 1.67. The predicted octanol–water partition coefficient (Wildman–Crippen LogP) is 1.71. The summed E-state index contributed by atoms with van der Waals surface area (Å²) in [5.74, 6) is 0. The highest BCUT2D eigenvalue weighted by Crippen LogP contribution is 2.19. The number of thiazole rings is 1. The number of rotatable bonds is 4. The van der Waals surface area contributed by atoms with Crippen LogP contribution >= 0.6 is 11.3 Å². The van der Waals surface area contributed by atoms with Gasteiger partial charge in [0.15, 0.2) is 5.13 Å². The Morgan fingerprint density at radius 1 is 1.54 bits per heavy atom. The van der Waals surface area contributed by atoms with Crippen LogP contribution in [0.1, 0.15) is 18.7 Å². The Labute approximate surface area is 83.8 Å². The topological polar surface area (TPSA) is 28.2 Å². The largest absolute Gasteiger partial charge is 0.354 e. The molecule has 0 aromatic carbocycles. The smallest absolute Gasteiger partial charge is 0.185 e. The lowest BCUT2D eigenvalue weighted by molar-refractivity contribution is 0.593. The van der Waals surface area contributed by atoms with Crippen molar-refractivity contribution in [1.82, 2.24) is 10.3 Å². The molecule has 0 saturated heterocycles. The highest BCUT2D eigenvalue weighted by atomic mass is 32.1. The molecule has 0 aliphatic carbocycles. The molecule has 1 rings (SSSR count). The van der Waals surface area contributed by atoms with Crippen molar-refractivity contribution in [3.05, 3.63) is 11.1 Å². The lowest BCUT2D eigenvalue weighted by atomic mass is 10.4. The molecule has 4 heteroatoms. The zero-order chi connectivity index (χ0) is 9.84. The molecular formula is C9H17N3S. The van der Waals surface area contributed by atoms with Crippen molar-refractivity contribution < 1.29 is 0 Å². The molecular weight excluding hydrogens is 182 g/mol. The molecule has 1 N–H and O–H groups in total. The van der Waals surface area contributed by atoms with E-state index in [-0.39, 0.29) is 0 Å². The normalized spacial score (nSPS) is 10.8. The van der Waals surface area contributed by atoms with Gasteiger partial charge in [0.1, 0.15) is 0 Å². The van der Waals surface area contributed by atoms with Crippen molar-refractivity contribution in [3.63, 3.8) is 0 Å². The molecule has 1 heterocycles. The predicted molar refractivity (Wildman–Crippen MR) is 58.4 cm³/mol. The van der Waals surface area contributed by atoms with E-state index in [1.165, 1.54) is 4.88 Å². The second-order valence-corrected chi connectivity index (χ2v) is 4.63. The van der Waals surface area contributed by atoms with E-state index >= 15 is 0 Å². The van der Waals surface area contributed by atoms with Crippen LogP contribution in [0.2, 0.25) is 0 Å². The summed E-state index contributed by atoms with van der Waals surface area (Å²) in [7, 11) is 4.02. The fraction of sp³-hybridized carbons (Fsp3) is 0.667. The second-order valence-electron chi connectivity index (χ2n) is 3.54. The minimum absolute atomic E-state index is 0.532. The first-order chi connectivity index (χ1) is 6.09. The molecule has 0 atom stereocenters. The molecule has 0 amide bonds. The van der Waals surface area contributed by atoms with Gasteiger partial charge in [0.2, 0.25) is 0 Å². The fourth-order valence-electron chi connectivity index (χ4n) is 0.890. The van der Waals surface area contributed by atoms with Crippen LogP contribution in [0.5, 0.6) is 0 Å². The van der Waals surface area contributed by atoms with Crippen molar-refractivity contribution in [2.24, 2.45) is 0 Å². The van der Waals surface area contributed by atoms with Gasteiger partial charge in [-0.15, -0.1) is 11.3 Å². The Balaban J connectivity index is 2.49. The molecule has 0 aliphatic rings. The summed E-state index contributed by atoms with van der Waals surface area (Å²) in [4.78, 5) is 7.62. The maximum absolute atomic E-state index is 4.30. The van der Waals surface area contributed by atoms with Crippen LogP contribution < -0.4 is 10.2 Å². The molecule has 13 heavy (non-hydrogen) atoms. The van der Waals surface area contributed by atoms with E-state index in [2.05, 4.69) is 24.1 Å². The molecule has 0 radical (unpaired) electrons. The standard InChI is InChI=1S/C9H17N3S/c1-7(2)10-5-8-6-11-9(13-8)12(3)4/h6-7,10H,5H2,1-4H3. The molecule has 0 unspecified atom stereocenters. The Morgan fingerprint density at radius 2 is 2.23 bits per heavy atom. The Bertz CT molecular complexity index is 255. The van der Waals surface area contributed by atoms with Crippen molar-refractivity contribution in [2.45, 2.75) is 26.4 Å². The summed E-state index contributed by atoms with van der Waals surface area (Å²) in [6.07, 6.45) is 1.94. The SMILES string of the molecule is CC(C)NCc1cnc(N(C)C)s1. The lowest BCUT2D eigenvalue weighted by Gasteiger charge is -2.06. The second kappa shape index (κ2) is 4.58. The average molecular weight is 199 g/mol. The highest BCUT2D eigenvalue weighted by molar-refractivity contribution is 7.15. The van der Waals surface area contributed by atoms with Crippen molar-refractivity contribution >= 4 is 16.5 Å². The van der Waals surface area contributed by atoms with E-state index in [0.717, 1.165) is 11.7 Å².